The largest absolute Gasteiger partial charge is 0.168 e. The molecule has 15 heavy (non-hydrogen) atoms. The average Bonchev–Trinajstić information content (AvgIpc) is 2.25. The number of thiol groups is 2. The minimum absolute atomic E-state index is 0.827. The van der Waals surface area contributed by atoms with Crippen molar-refractivity contribution in [3.8, 4) is 0 Å². The number of rotatable bonds is 6. The highest BCUT2D eigenvalue weighted by molar-refractivity contribution is 8.09. The molecule has 0 saturated heterocycles. The van der Waals surface area contributed by atoms with E-state index < -0.39 is 0 Å². The Morgan fingerprint density at radius 2 is 1.73 bits per heavy atom. The molecule has 5 heteroatoms. The Bertz CT molecular complexity index is 303. The Kier molecular flexibility index (Phi) is 7.52. The van der Waals surface area contributed by atoms with Gasteiger partial charge in [0.25, 0.3) is 0 Å². The van der Waals surface area contributed by atoms with Crippen LogP contribution in [0.15, 0.2) is 18.2 Å². The van der Waals surface area contributed by atoms with Gasteiger partial charge in [0.1, 0.15) is 0 Å². The van der Waals surface area contributed by atoms with Crippen molar-refractivity contribution in [2.75, 3.05) is 10.2 Å². The highest BCUT2D eigenvalue weighted by Gasteiger charge is 2.01. The van der Waals surface area contributed by atoms with E-state index in [1.165, 1.54) is 11.1 Å². The molecule has 0 saturated carbocycles. The summed E-state index contributed by atoms with van der Waals surface area (Å²) < 4.78 is 0. The molecule has 0 spiro atoms. The molecular formula is C10H13ClS4. The van der Waals surface area contributed by atoms with E-state index in [4.69, 9.17) is 11.6 Å². The molecule has 0 bridgehead atoms. The minimum atomic E-state index is 0.827. The quantitative estimate of drug-likeness (QED) is 0.582. The maximum atomic E-state index is 6.18. The number of benzene rings is 1. The molecule has 0 aliphatic carbocycles. The van der Waals surface area contributed by atoms with Crippen molar-refractivity contribution in [2.45, 2.75) is 11.5 Å². The van der Waals surface area contributed by atoms with Gasteiger partial charge in [-0.15, -0.1) is 23.5 Å². The van der Waals surface area contributed by atoms with Gasteiger partial charge in [0.2, 0.25) is 0 Å². The van der Waals surface area contributed by atoms with Crippen LogP contribution in [0.5, 0.6) is 0 Å². The third-order valence-electron chi connectivity index (χ3n) is 1.83. The molecule has 0 unspecified atom stereocenters. The van der Waals surface area contributed by atoms with Gasteiger partial charge in [-0.1, -0.05) is 23.7 Å². The standard InChI is InChI=1S/C10H13ClS4/c11-10-3-8(4-14-6-12)1-2-9(10)5-15-7-13/h1-3,12-13H,4-7H2. The lowest BCUT2D eigenvalue weighted by atomic mass is 10.2. The maximum Gasteiger partial charge on any atom is 0.0449 e. The molecule has 0 N–H and O–H groups in total. The molecule has 0 atom stereocenters. The summed E-state index contributed by atoms with van der Waals surface area (Å²) in [7, 11) is 0. The molecule has 1 aromatic rings. The van der Waals surface area contributed by atoms with E-state index in [-0.39, 0.29) is 0 Å². The second-order valence-corrected chi connectivity index (χ2v) is 6.75. The monoisotopic (exact) mass is 296 g/mol. The second-order valence-electron chi connectivity index (χ2n) is 2.88. The van der Waals surface area contributed by atoms with Gasteiger partial charge in [-0.05, 0) is 17.2 Å². The summed E-state index contributed by atoms with van der Waals surface area (Å²) in [6.07, 6.45) is 0. The SMILES string of the molecule is SCSCc1ccc(CSCS)c(Cl)c1. The van der Waals surface area contributed by atoms with Gasteiger partial charge in [-0.3, -0.25) is 0 Å². The van der Waals surface area contributed by atoms with E-state index in [1.807, 2.05) is 6.07 Å². The van der Waals surface area contributed by atoms with Crippen LogP contribution in [0.4, 0.5) is 0 Å². The average molecular weight is 297 g/mol. The van der Waals surface area contributed by atoms with E-state index >= 15 is 0 Å². The number of halogens is 1. The Labute approximate surface area is 116 Å². The van der Waals surface area contributed by atoms with Gasteiger partial charge in [0, 0.05) is 26.7 Å². The minimum Gasteiger partial charge on any atom is -0.168 e. The summed E-state index contributed by atoms with van der Waals surface area (Å²) in [6.45, 7) is 0. The molecule has 0 heterocycles. The topological polar surface area (TPSA) is 0 Å². The highest BCUT2D eigenvalue weighted by Crippen LogP contribution is 2.24. The van der Waals surface area contributed by atoms with E-state index in [9.17, 15) is 0 Å². The van der Waals surface area contributed by atoms with Crippen molar-refractivity contribution < 1.29 is 0 Å². The Morgan fingerprint density at radius 3 is 2.33 bits per heavy atom. The summed E-state index contributed by atoms with van der Waals surface area (Å²) in [5.41, 5.74) is 2.45. The van der Waals surface area contributed by atoms with Crippen LogP contribution < -0.4 is 0 Å². The highest BCUT2D eigenvalue weighted by atomic mass is 35.5. The molecule has 0 fully saturated rings. The van der Waals surface area contributed by atoms with Crippen molar-refractivity contribution in [3.05, 3.63) is 34.3 Å². The first-order valence-electron chi connectivity index (χ1n) is 4.42. The van der Waals surface area contributed by atoms with Crippen molar-refractivity contribution in [2.24, 2.45) is 0 Å². The van der Waals surface area contributed by atoms with Crippen molar-refractivity contribution in [1.29, 1.82) is 0 Å². The van der Waals surface area contributed by atoms with Gasteiger partial charge < -0.3 is 0 Å². The first-order chi connectivity index (χ1) is 7.27. The Balaban J connectivity index is 2.61. The van der Waals surface area contributed by atoms with Crippen LogP contribution in [-0.2, 0) is 11.5 Å². The predicted molar refractivity (Wildman–Crippen MR) is 81.7 cm³/mol. The molecule has 0 aromatic heterocycles. The molecule has 0 aliphatic heterocycles. The van der Waals surface area contributed by atoms with Gasteiger partial charge >= 0.3 is 0 Å². The first-order valence-corrected chi connectivity index (χ1v) is 8.37. The molecule has 1 aromatic carbocycles. The molecule has 84 valence electrons. The summed E-state index contributed by atoms with van der Waals surface area (Å²) in [4.78, 5) is 0. The van der Waals surface area contributed by atoms with Crippen LogP contribution in [0.3, 0.4) is 0 Å². The van der Waals surface area contributed by atoms with Gasteiger partial charge in [-0.2, -0.15) is 25.3 Å². The fourth-order valence-electron chi connectivity index (χ4n) is 1.12. The number of thioether (sulfide) groups is 2. The van der Waals surface area contributed by atoms with Crippen molar-refractivity contribution in [3.63, 3.8) is 0 Å². The lowest BCUT2D eigenvalue weighted by molar-refractivity contribution is 1.35. The Morgan fingerprint density at radius 1 is 1.07 bits per heavy atom. The number of hydrogen-bond acceptors (Lipinski definition) is 4. The fourth-order valence-corrected chi connectivity index (χ4v) is 3.08. The van der Waals surface area contributed by atoms with Crippen LogP contribution in [0, 0.1) is 0 Å². The Hall–Kier alpha value is 0.910. The third kappa shape index (κ3) is 5.18. The van der Waals surface area contributed by atoms with Crippen molar-refractivity contribution in [1.82, 2.24) is 0 Å². The molecule has 0 nitrogen and oxygen atoms in total. The molecule has 0 radical (unpaired) electrons. The lowest BCUT2D eigenvalue weighted by Crippen LogP contribution is -1.86. The van der Waals surface area contributed by atoms with Crippen LogP contribution in [0.2, 0.25) is 5.02 Å². The van der Waals surface area contributed by atoms with E-state index in [1.54, 1.807) is 23.5 Å². The van der Waals surface area contributed by atoms with E-state index in [0.717, 1.165) is 26.7 Å². The summed E-state index contributed by atoms with van der Waals surface area (Å²) >= 11 is 18.0. The third-order valence-corrected chi connectivity index (χ3v) is 4.69. The fraction of sp³-hybridized carbons (Fsp3) is 0.400. The first kappa shape index (κ1) is 14.0. The zero-order chi connectivity index (χ0) is 11.1. The van der Waals surface area contributed by atoms with Crippen molar-refractivity contribution >= 4 is 60.4 Å². The molecule has 0 amide bonds. The number of hydrogen-bond donors (Lipinski definition) is 2. The van der Waals surface area contributed by atoms with Crippen LogP contribution >= 0.6 is 60.4 Å². The second kappa shape index (κ2) is 8.07. The van der Waals surface area contributed by atoms with E-state index in [2.05, 4.69) is 37.4 Å². The van der Waals surface area contributed by atoms with Gasteiger partial charge in [0.05, 0.1) is 0 Å². The summed E-state index contributed by atoms with van der Waals surface area (Å²) in [5.74, 6) is 1.91. The maximum absolute atomic E-state index is 6.18. The van der Waals surface area contributed by atoms with E-state index in [0.29, 0.717) is 0 Å². The van der Waals surface area contributed by atoms with Crippen LogP contribution in [0.25, 0.3) is 0 Å². The van der Waals surface area contributed by atoms with Gasteiger partial charge in [-0.25, -0.2) is 0 Å². The van der Waals surface area contributed by atoms with Crippen LogP contribution in [0.1, 0.15) is 11.1 Å². The predicted octanol–water partition coefficient (Wildman–Crippen LogP) is 4.58. The summed E-state index contributed by atoms with van der Waals surface area (Å²) in [5, 5.41) is 2.53. The molecular weight excluding hydrogens is 284 g/mol. The summed E-state index contributed by atoms with van der Waals surface area (Å²) in [6, 6.07) is 6.29. The zero-order valence-corrected chi connectivity index (χ0v) is 12.3. The molecule has 0 aliphatic rings. The smallest absolute Gasteiger partial charge is 0.0449 e. The normalized spacial score (nSPS) is 10.6. The van der Waals surface area contributed by atoms with Crippen LogP contribution in [-0.4, -0.2) is 10.2 Å². The lowest BCUT2D eigenvalue weighted by Gasteiger charge is -2.05. The van der Waals surface area contributed by atoms with Gasteiger partial charge in [0.15, 0.2) is 0 Å². The zero-order valence-electron chi connectivity index (χ0n) is 8.15. The molecule has 1 rings (SSSR count).